The summed E-state index contributed by atoms with van der Waals surface area (Å²) in [5.74, 6) is -4.73. The van der Waals surface area contributed by atoms with Crippen molar-refractivity contribution in [1.29, 1.82) is 0 Å². The van der Waals surface area contributed by atoms with Crippen molar-refractivity contribution in [3.8, 4) is 0 Å². The van der Waals surface area contributed by atoms with E-state index >= 15 is 0 Å². The number of benzene rings is 2. The first-order chi connectivity index (χ1) is 15.2. The van der Waals surface area contributed by atoms with Gasteiger partial charge in [-0.05, 0) is 62.1 Å². The molecule has 2 bridgehead atoms. The molecule has 2 saturated carbocycles. The number of nitrogens with one attached hydrogen (secondary N) is 1. The number of carbonyl (C=O) groups is 1. The Hall–Kier alpha value is -1.74. The van der Waals surface area contributed by atoms with Gasteiger partial charge in [-0.15, -0.1) is 11.8 Å². The number of amides is 1. The largest absolute Gasteiger partial charge is 0.396 e. The summed E-state index contributed by atoms with van der Waals surface area (Å²) < 4.78 is 40.0. The summed E-state index contributed by atoms with van der Waals surface area (Å²) in [6.45, 7) is -0.0356. The van der Waals surface area contributed by atoms with E-state index in [2.05, 4.69) is 5.32 Å². The molecule has 2 aromatic carbocycles. The number of aliphatic hydroxyl groups is 2. The Morgan fingerprint density at radius 3 is 2.34 bits per heavy atom. The van der Waals surface area contributed by atoms with Gasteiger partial charge in [-0.1, -0.05) is 11.6 Å². The highest BCUT2D eigenvalue weighted by atomic mass is 35.5. The smallest absolute Gasteiger partial charge is 0.255 e. The Kier molecular flexibility index (Phi) is 6.77. The highest BCUT2D eigenvalue weighted by Crippen LogP contribution is 2.54. The maximum atomic E-state index is 13.4. The summed E-state index contributed by atoms with van der Waals surface area (Å²) in [7, 11) is 0. The number of halogens is 4. The monoisotopic (exact) mass is 485 g/mol. The van der Waals surface area contributed by atoms with Gasteiger partial charge in [0, 0.05) is 40.1 Å². The molecule has 0 aliphatic heterocycles. The lowest BCUT2D eigenvalue weighted by molar-refractivity contribution is -0.0729. The molecule has 0 spiro atoms. The Labute approximate surface area is 193 Å². The SMILES string of the molecule is O=C(Nc1cc(F)c(F)c(F)c1)c1ccc(Cl)c(SC2CC3CC[C@@H](C2)C3(O)CCO)c1. The molecule has 0 heterocycles. The molecular formula is C23H23ClF3NO3S. The van der Waals surface area contributed by atoms with Crippen LogP contribution in [0.3, 0.4) is 0 Å². The van der Waals surface area contributed by atoms with Crippen LogP contribution in [0.4, 0.5) is 18.9 Å². The van der Waals surface area contributed by atoms with Gasteiger partial charge in [0.2, 0.25) is 0 Å². The van der Waals surface area contributed by atoms with E-state index in [-0.39, 0.29) is 34.9 Å². The van der Waals surface area contributed by atoms with E-state index in [9.17, 15) is 28.2 Å². The number of thioether (sulfide) groups is 1. The summed E-state index contributed by atoms with van der Waals surface area (Å²) in [6.07, 6.45) is 3.83. The van der Waals surface area contributed by atoms with E-state index in [4.69, 9.17) is 11.6 Å². The molecule has 2 aliphatic carbocycles. The predicted molar refractivity (Wildman–Crippen MR) is 117 cm³/mol. The van der Waals surface area contributed by atoms with Gasteiger partial charge >= 0.3 is 0 Å². The average Bonchev–Trinajstić information content (AvgIpc) is 2.90. The van der Waals surface area contributed by atoms with Gasteiger partial charge in [0.25, 0.3) is 5.91 Å². The molecule has 1 amide bonds. The summed E-state index contributed by atoms with van der Waals surface area (Å²) in [6, 6.07) is 6.14. The second-order valence-corrected chi connectivity index (χ2v) is 10.2. The Balaban J connectivity index is 1.47. The van der Waals surface area contributed by atoms with Crippen molar-refractivity contribution >= 4 is 35.0 Å². The minimum Gasteiger partial charge on any atom is -0.396 e. The van der Waals surface area contributed by atoms with Crippen LogP contribution in [0.5, 0.6) is 0 Å². The molecule has 9 heteroatoms. The molecule has 2 fully saturated rings. The van der Waals surface area contributed by atoms with Gasteiger partial charge in [0.1, 0.15) is 0 Å². The molecule has 4 nitrogen and oxygen atoms in total. The van der Waals surface area contributed by atoms with E-state index in [0.29, 0.717) is 28.5 Å². The van der Waals surface area contributed by atoms with E-state index in [1.165, 1.54) is 6.07 Å². The highest BCUT2D eigenvalue weighted by molar-refractivity contribution is 8.00. The van der Waals surface area contributed by atoms with Gasteiger partial charge in [-0.2, -0.15) is 0 Å². The minimum absolute atomic E-state index is 0.0356. The molecule has 172 valence electrons. The third-order valence-corrected chi connectivity index (χ3v) is 8.36. The predicted octanol–water partition coefficient (Wildman–Crippen LogP) is 5.40. The first-order valence-electron chi connectivity index (χ1n) is 10.5. The van der Waals surface area contributed by atoms with Crippen LogP contribution in [0.25, 0.3) is 0 Å². The van der Waals surface area contributed by atoms with E-state index in [1.807, 2.05) is 0 Å². The van der Waals surface area contributed by atoms with Crippen LogP contribution in [-0.4, -0.2) is 33.6 Å². The fraction of sp³-hybridized carbons (Fsp3) is 0.435. The van der Waals surface area contributed by atoms with Gasteiger partial charge in [0.05, 0.1) is 10.6 Å². The van der Waals surface area contributed by atoms with E-state index in [1.54, 1.807) is 23.9 Å². The fourth-order valence-electron chi connectivity index (χ4n) is 5.04. The normalized spacial score (nSPS) is 26.9. The van der Waals surface area contributed by atoms with Crippen molar-refractivity contribution in [2.75, 3.05) is 11.9 Å². The van der Waals surface area contributed by atoms with E-state index < -0.39 is 29.0 Å². The fourth-order valence-corrected chi connectivity index (χ4v) is 6.68. The van der Waals surface area contributed by atoms with Crippen LogP contribution < -0.4 is 5.32 Å². The summed E-state index contributed by atoms with van der Waals surface area (Å²) >= 11 is 7.90. The molecule has 3 N–H and O–H groups in total. The Morgan fingerprint density at radius 1 is 1.12 bits per heavy atom. The first-order valence-corrected chi connectivity index (χ1v) is 11.7. The lowest BCUT2D eigenvalue weighted by Gasteiger charge is -2.42. The van der Waals surface area contributed by atoms with Crippen LogP contribution in [-0.2, 0) is 0 Å². The zero-order valence-electron chi connectivity index (χ0n) is 17.1. The number of anilines is 1. The van der Waals surface area contributed by atoms with E-state index in [0.717, 1.165) is 25.7 Å². The first kappa shape index (κ1) is 23.4. The van der Waals surface area contributed by atoms with Crippen molar-refractivity contribution in [3.63, 3.8) is 0 Å². The third-order valence-electron chi connectivity index (χ3n) is 6.61. The highest BCUT2D eigenvalue weighted by Gasteiger charge is 2.52. The molecule has 2 aliphatic rings. The zero-order valence-corrected chi connectivity index (χ0v) is 18.7. The second-order valence-electron chi connectivity index (χ2n) is 8.50. The molecule has 3 unspecified atom stereocenters. The number of carbonyl (C=O) groups excluding carboxylic acids is 1. The minimum atomic E-state index is -1.60. The number of hydrogen-bond donors (Lipinski definition) is 3. The lowest BCUT2D eigenvalue weighted by Crippen LogP contribution is -2.46. The number of fused-ring (bicyclic) bond motifs is 2. The van der Waals surface area contributed by atoms with Crippen LogP contribution in [0, 0.1) is 29.3 Å². The topological polar surface area (TPSA) is 69.6 Å². The Morgan fingerprint density at radius 2 is 1.75 bits per heavy atom. The maximum Gasteiger partial charge on any atom is 0.255 e. The summed E-state index contributed by atoms with van der Waals surface area (Å²) in [5.41, 5.74) is -0.753. The molecule has 0 radical (unpaired) electrons. The van der Waals surface area contributed by atoms with Crippen molar-refractivity contribution in [2.24, 2.45) is 11.8 Å². The molecule has 0 saturated heterocycles. The number of aliphatic hydroxyl groups excluding tert-OH is 1. The number of hydrogen-bond acceptors (Lipinski definition) is 4. The maximum absolute atomic E-state index is 13.4. The van der Waals surface area contributed by atoms with Gasteiger partial charge in [-0.25, -0.2) is 13.2 Å². The second kappa shape index (κ2) is 9.25. The van der Waals surface area contributed by atoms with Crippen LogP contribution in [0.15, 0.2) is 35.2 Å². The zero-order chi connectivity index (χ0) is 23.0. The van der Waals surface area contributed by atoms with Gasteiger partial charge in [-0.3, -0.25) is 4.79 Å². The molecule has 4 rings (SSSR count). The van der Waals surface area contributed by atoms with Crippen LogP contribution in [0.1, 0.15) is 42.5 Å². The quantitative estimate of drug-likeness (QED) is 0.479. The van der Waals surface area contributed by atoms with Gasteiger partial charge < -0.3 is 15.5 Å². The molecular weight excluding hydrogens is 463 g/mol. The standard InChI is InChI=1S/C23H23ClF3NO3S/c24-17-4-1-12(22(30)28-15-10-18(25)21(27)19(26)11-15)7-20(17)32-16-8-13-2-3-14(9-16)23(13,31)5-6-29/h1,4,7,10-11,13-14,16,29,31H,2-3,5-6,8-9H2,(H,28,30)/t13-,14?,16?,23?/m0/s1. The van der Waals surface area contributed by atoms with Gasteiger partial charge in [0.15, 0.2) is 17.5 Å². The van der Waals surface area contributed by atoms with Crippen molar-refractivity contribution in [3.05, 3.63) is 58.4 Å². The Bertz CT molecular complexity index is 1000. The van der Waals surface area contributed by atoms with Crippen LogP contribution >= 0.6 is 23.4 Å². The molecule has 32 heavy (non-hydrogen) atoms. The summed E-state index contributed by atoms with van der Waals surface area (Å²) in [5, 5.41) is 23.4. The number of rotatable bonds is 6. The van der Waals surface area contributed by atoms with Crippen molar-refractivity contribution in [2.45, 2.75) is 47.9 Å². The lowest BCUT2D eigenvalue weighted by atomic mass is 9.72. The molecule has 4 atom stereocenters. The van der Waals surface area contributed by atoms with Crippen molar-refractivity contribution < 1.29 is 28.2 Å². The third kappa shape index (κ3) is 4.51. The van der Waals surface area contributed by atoms with Crippen LogP contribution in [0.2, 0.25) is 5.02 Å². The molecule has 0 aromatic heterocycles. The average molecular weight is 486 g/mol. The molecule has 2 aromatic rings. The summed E-state index contributed by atoms with van der Waals surface area (Å²) in [4.78, 5) is 13.3. The van der Waals surface area contributed by atoms with Crippen molar-refractivity contribution in [1.82, 2.24) is 0 Å².